The molecule has 2 N–H and O–H groups in total. The van der Waals surface area contributed by atoms with Crippen LogP contribution in [0.3, 0.4) is 0 Å². The highest BCUT2D eigenvalue weighted by Crippen LogP contribution is 2.32. The Balaban J connectivity index is 1.67. The Hall–Kier alpha value is -3.67. The SMILES string of the molecule is Cc1cc(CNC(=O)c2ccc(=O)n(C)n2)c2[nH]c(-c3ccccc3)c(C)c2c1. The second kappa shape index (κ2) is 7.39. The number of carbonyl (C=O) groups excluding carboxylic acids is 1. The molecule has 0 atom stereocenters. The average Bonchev–Trinajstić information content (AvgIpc) is 3.05. The van der Waals surface area contributed by atoms with Crippen LogP contribution >= 0.6 is 0 Å². The van der Waals surface area contributed by atoms with Crippen LogP contribution in [0.4, 0.5) is 0 Å². The van der Waals surface area contributed by atoms with E-state index in [9.17, 15) is 9.59 Å². The van der Waals surface area contributed by atoms with Gasteiger partial charge in [-0.2, -0.15) is 5.10 Å². The van der Waals surface area contributed by atoms with Crippen LogP contribution in [-0.4, -0.2) is 20.7 Å². The van der Waals surface area contributed by atoms with Crippen molar-refractivity contribution in [2.24, 2.45) is 7.05 Å². The van der Waals surface area contributed by atoms with Gasteiger partial charge in [-0.15, -0.1) is 0 Å². The fourth-order valence-electron chi connectivity index (χ4n) is 3.58. The van der Waals surface area contributed by atoms with Crippen molar-refractivity contribution in [2.75, 3.05) is 0 Å². The molecule has 0 aliphatic carbocycles. The molecule has 1 amide bonds. The monoisotopic (exact) mass is 386 g/mol. The number of aryl methyl sites for hydroxylation is 3. The lowest BCUT2D eigenvalue weighted by Gasteiger charge is -2.08. The molecule has 0 bridgehead atoms. The highest BCUT2D eigenvalue weighted by Gasteiger charge is 2.15. The number of carbonyl (C=O) groups is 1. The number of fused-ring (bicyclic) bond motifs is 1. The van der Waals surface area contributed by atoms with E-state index in [2.05, 4.69) is 46.6 Å². The van der Waals surface area contributed by atoms with Gasteiger partial charge >= 0.3 is 0 Å². The minimum atomic E-state index is -0.318. The summed E-state index contributed by atoms with van der Waals surface area (Å²) in [5.74, 6) is -0.318. The molecule has 29 heavy (non-hydrogen) atoms. The predicted octanol–water partition coefficient (Wildman–Crippen LogP) is 3.48. The lowest BCUT2D eigenvalue weighted by Crippen LogP contribution is -2.28. The molecule has 0 radical (unpaired) electrons. The van der Waals surface area contributed by atoms with E-state index in [1.54, 1.807) is 0 Å². The smallest absolute Gasteiger partial charge is 0.271 e. The molecular weight excluding hydrogens is 364 g/mol. The maximum Gasteiger partial charge on any atom is 0.271 e. The van der Waals surface area contributed by atoms with E-state index in [1.165, 1.54) is 24.7 Å². The molecule has 0 unspecified atom stereocenters. The number of nitrogens with zero attached hydrogens (tertiary/aromatic N) is 2. The number of hydrogen-bond donors (Lipinski definition) is 2. The average molecular weight is 386 g/mol. The van der Waals surface area contributed by atoms with Crippen molar-refractivity contribution in [2.45, 2.75) is 20.4 Å². The summed E-state index contributed by atoms with van der Waals surface area (Å²) in [6.07, 6.45) is 0. The van der Waals surface area contributed by atoms with Crippen LogP contribution in [-0.2, 0) is 13.6 Å². The zero-order chi connectivity index (χ0) is 20.5. The normalized spacial score (nSPS) is 11.0. The summed E-state index contributed by atoms with van der Waals surface area (Å²) in [6.45, 7) is 4.51. The number of H-pyrrole nitrogens is 1. The fraction of sp³-hybridized carbons (Fsp3) is 0.174. The number of aromatic amines is 1. The van der Waals surface area contributed by atoms with Gasteiger partial charge in [-0.1, -0.05) is 42.0 Å². The van der Waals surface area contributed by atoms with Crippen LogP contribution in [0.1, 0.15) is 27.2 Å². The minimum absolute atomic E-state index is 0.212. The first-order valence-corrected chi connectivity index (χ1v) is 9.44. The van der Waals surface area contributed by atoms with Gasteiger partial charge in [0.2, 0.25) is 0 Å². The van der Waals surface area contributed by atoms with E-state index >= 15 is 0 Å². The van der Waals surface area contributed by atoms with Gasteiger partial charge in [0.25, 0.3) is 11.5 Å². The van der Waals surface area contributed by atoms with Crippen LogP contribution < -0.4 is 10.9 Å². The van der Waals surface area contributed by atoms with E-state index in [0.29, 0.717) is 6.54 Å². The van der Waals surface area contributed by atoms with Crippen molar-refractivity contribution in [3.63, 3.8) is 0 Å². The Morgan fingerprint density at radius 1 is 1.10 bits per heavy atom. The second-order valence-electron chi connectivity index (χ2n) is 7.20. The van der Waals surface area contributed by atoms with E-state index in [1.807, 2.05) is 25.1 Å². The Labute approximate surface area is 168 Å². The largest absolute Gasteiger partial charge is 0.354 e. The summed E-state index contributed by atoms with van der Waals surface area (Å²) < 4.78 is 1.15. The Morgan fingerprint density at radius 2 is 1.86 bits per heavy atom. The zero-order valence-electron chi connectivity index (χ0n) is 16.6. The van der Waals surface area contributed by atoms with Crippen LogP contribution in [0.15, 0.2) is 59.4 Å². The molecule has 0 aliphatic heterocycles. The van der Waals surface area contributed by atoms with Crippen molar-refractivity contribution in [3.8, 4) is 11.3 Å². The van der Waals surface area contributed by atoms with Crippen molar-refractivity contribution in [1.82, 2.24) is 20.1 Å². The third-order valence-corrected chi connectivity index (χ3v) is 5.09. The zero-order valence-corrected chi connectivity index (χ0v) is 16.6. The number of nitrogens with one attached hydrogen (secondary N) is 2. The molecule has 146 valence electrons. The van der Waals surface area contributed by atoms with Gasteiger partial charge < -0.3 is 10.3 Å². The van der Waals surface area contributed by atoms with E-state index in [4.69, 9.17) is 0 Å². The van der Waals surface area contributed by atoms with Crippen LogP contribution in [0, 0.1) is 13.8 Å². The number of rotatable bonds is 4. The molecular formula is C23H22N4O2. The topological polar surface area (TPSA) is 79.8 Å². The molecule has 0 saturated carbocycles. The van der Waals surface area contributed by atoms with Gasteiger partial charge in [0.05, 0.1) is 5.52 Å². The molecule has 0 aliphatic rings. The molecule has 6 nitrogen and oxygen atoms in total. The highest BCUT2D eigenvalue weighted by molar-refractivity contribution is 5.94. The maximum atomic E-state index is 12.5. The number of benzene rings is 2. The quantitative estimate of drug-likeness (QED) is 0.564. The Bertz CT molecular complexity index is 1270. The molecule has 0 spiro atoms. The summed E-state index contributed by atoms with van der Waals surface area (Å²) in [6, 6.07) is 17.2. The molecule has 0 saturated heterocycles. The van der Waals surface area contributed by atoms with Crippen molar-refractivity contribution in [1.29, 1.82) is 0 Å². The van der Waals surface area contributed by atoms with Crippen molar-refractivity contribution < 1.29 is 4.79 Å². The first kappa shape index (κ1) is 18.7. The summed E-state index contributed by atoms with van der Waals surface area (Å²) in [5.41, 5.74) is 6.50. The fourth-order valence-corrected chi connectivity index (χ4v) is 3.58. The van der Waals surface area contributed by atoms with Gasteiger partial charge in [0, 0.05) is 30.7 Å². The van der Waals surface area contributed by atoms with Gasteiger partial charge in [-0.05, 0) is 42.7 Å². The molecule has 4 aromatic rings. The number of amides is 1. The summed E-state index contributed by atoms with van der Waals surface area (Å²) >= 11 is 0. The Morgan fingerprint density at radius 3 is 2.59 bits per heavy atom. The summed E-state index contributed by atoms with van der Waals surface area (Å²) in [4.78, 5) is 27.5. The summed E-state index contributed by atoms with van der Waals surface area (Å²) in [7, 11) is 1.52. The molecule has 6 heteroatoms. The maximum absolute atomic E-state index is 12.5. The lowest BCUT2D eigenvalue weighted by atomic mass is 10.0. The standard InChI is InChI=1S/C23H22N4O2/c1-14-11-17(13-24-23(29)19-9-10-20(28)27(3)26-19)22-18(12-14)15(2)21(25-22)16-7-5-4-6-8-16/h4-12,25H,13H2,1-3H3,(H,24,29). The van der Waals surface area contributed by atoms with Gasteiger partial charge in [-0.25, -0.2) is 4.68 Å². The highest BCUT2D eigenvalue weighted by atomic mass is 16.2. The number of aromatic nitrogens is 3. The molecule has 2 aromatic heterocycles. The second-order valence-corrected chi connectivity index (χ2v) is 7.20. The van der Waals surface area contributed by atoms with E-state index in [-0.39, 0.29) is 17.2 Å². The predicted molar refractivity (Wildman–Crippen MR) is 114 cm³/mol. The number of hydrogen-bond acceptors (Lipinski definition) is 3. The van der Waals surface area contributed by atoms with Crippen LogP contribution in [0.25, 0.3) is 22.2 Å². The van der Waals surface area contributed by atoms with Crippen LogP contribution in [0.2, 0.25) is 0 Å². The molecule has 4 rings (SSSR count). The van der Waals surface area contributed by atoms with E-state index in [0.717, 1.165) is 38.0 Å². The van der Waals surface area contributed by atoms with Crippen molar-refractivity contribution in [3.05, 3.63) is 87.3 Å². The van der Waals surface area contributed by atoms with Crippen molar-refractivity contribution >= 4 is 16.8 Å². The third kappa shape index (κ3) is 3.57. The first-order valence-electron chi connectivity index (χ1n) is 9.44. The van der Waals surface area contributed by atoms with Crippen LogP contribution in [0.5, 0.6) is 0 Å². The molecule has 2 aromatic carbocycles. The minimum Gasteiger partial charge on any atom is -0.354 e. The summed E-state index contributed by atoms with van der Waals surface area (Å²) in [5, 5.41) is 8.07. The molecule has 2 heterocycles. The lowest BCUT2D eigenvalue weighted by molar-refractivity contribution is 0.0943. The third-order valence-electron chi connectivity index (χ3n) is 5.09. The van der Waals surface area contributed by atoms with Gasteiger partial charge in [0.1, 0.15) is 5.69 Å². The van der Waals surface area contributed by atoms with E-state index < -0.39 is 0 Å². The Kier molecular flexibility index (Phi) is 4.76. The van der Waals surface area contributed by atoms with Gasteiger partial charge in [-0.3, -0.25) is 9.59 Å². The first-order chi connectivity index (χ1) is 13.9. The molecule has 0 fully saturated rings. The van der Waals surface area contributed by atoms with Gasteiger partial charge in [0.15, 0.2) is 0 Å².